The first-order valence-corrected chi connectivity index (χ1v) is 7.76. The zero-order valence-corrected chi connectivity index (χ0v) is 10.7. The van der Waals surface area contributed by atoms with Crippen LogP contribution in [0.5, 0.6) is 0 Å². The van der Waals surface area contributed by atoms with Gasteiger partial charge in [-0.2, -0.15) is 5.10 Å². The van der Waals surface area contributed by atoms with Gasteiger partial charge in [0, 0.05) is 16.9 Å². The van der Waals surface area contributed by atoms with Crippen LogP contribution in [-0.4, -0.2) is 18.2 Å². The second kappa shape index (κ2) is 4.37. The highest BCUT2D eigenvalue weighted by Gasteiger charge is 2.22. The molecular weight excluding hydrogens is 248 g/mol. The van der Waals surface area contributed by atoms with Crippen LogP contribution < -0.4 is 0 Å². The molecule has 0 N–H and O–H groups in total. The van der Waals surface area contributed by atoms with Crippen LogP contribution in [0.25, 0.3) is 0 Å². The van der Waals surface area contributed by atoms with Crippen molar-refractivity contribution in [3.8, 4) is 0 Å². The van der Waals surface area contributed by atoms with E-state index in [0.29, 0.717) is 6.04 Å². The van der Waals surface area contributed by atoms with Crippen LogP contribution in [0.2, 0.25) is 0 Å². The highest BCUT2D eigenvalue weighted by atomic mass is 35.7. The average molecular weight is 263 g/mol. The Morgan fingerprint density at radius 2 is 2.00 bits per heavy atom. The van der Waals surface area contributed by atoms with E-state index in [4.69, 9.17) is 10.7 Å². The van der Waals surface area contributed by atoms with Crippen LogP contribution in [0.1, 0.15) is 38.6 Å². The lowest BCUT2D eigenvalue weighted by atomic mass is 9.87. The van der Waals surface area contributed by atoms with Gasteiger partial charge in [0.1, 0.15) is 4.90 Å². The van der Waals surface area contributed by atoms with E-state index in [-0.39, 0.29) is 4.90 Å². The van der Waals surface area contributed by atoms with Crippen molar-refractivity contribution in [2.75, 3.05) is 0 Å². The summed E-state index contributed by atoms with van der Waals surface area (Å²) in [6.45, 7) is 2.24. The van der Waals surface area contributed by atoms with Gasteiger partial charge in [-0.05, 0) is 31.6 Å². The molecule has 0 spiro atoms. The monoisotopic (exact) mass is 262 g/mol. The third kappa shape index (κ3) is 2.58. The fourth-order valence-corrected chi connectivity index (χ4v) is 2.80. The van der Waals surface area contributed by atoms with Crippen LogP contribution in [0.15, 0.2) is 17.3 Å². The van der Waals surface area contributed by atoms with E-state index < -0.39 is 9.05 Å². The van der Waals surface area contributed by atoms with E-state index in [9.17, 15) is 8.42 Å². The lowest BCUT2D eigenvalue weighted by Gasteiger charge is -2.26. The molecule has 0 aliphatic heterocycles. The Hall–Kier alpha value is -0.550. The molecule has 6 heteroatoms. The summed E-state index contributed by atoms with van der Waals surface area (Å²) in [5, 5.41) is 4.08. The molecule has 0 atom stereocenters. The molecule has 0 bridgehead atoms. The Labute approximate surface area is 100 Å². The van der Waals surface area contributed by atoms with E-state index >= 15 is 0 Å². The maximum Gasteiger partial charge on any atom is 0.264 e. The molecule has 1 fully saturated rings. The van der Waals surface area contributed by atoms with Crippen molar-refractivity contribution in [3.63, 3.8) is 0 Å². The third-order valence-corrected chi connectivity index (χ3v) is 4.53. The maximum atomic E-state index is 11.1. The minimum absolute atomic E-state index is 0.0905. The molecule has 1 aliphatic rings. The molecule has 0 saturated heterocycles. The van der Waals surface area contributed by atoms with Gasteiger partial charge in [-0.25, -0.2) is 8.42 Å². The SMILES string of the molecule is CC1CCC(n2cc(S(=O)(=O)Cl)cn2)CC1. The van der Waals surface area contributed by atoms with Gasteiger partial charge < -0.3 is 0 Å². The number of rotatable bonds is 2. The highest BCUT2D eigenvalue weighted by Crippen LogP contribution is 2.31. The van der Waals surface area contributed by atoms with Crippen LogP contribution >= 0.6 is 10.7 Å². The van der Waals surface area contributed by atoms with Crippen LogP contribution in [0.3, 0.4) is 0 Å². The Morgan fingerprint density at radius 1 is 1.38 bits per heavy atom. The lowest BCUT2D eigenvalue weighted by Crippen LogP contribution is -2.17. The molecule has 1 aromatic heterocycles. The van der Waals surface area contributed by atoms with Crippen molar-refractivity contribution in [1.29, 1.82) is 0 Å². The summed E-state index contributed by atoms with van der Waals surface area (Å²) >= 11 is 0. The number of hydrogen-bond acceptors (Lipinski definition) is 3. The molecule has 2 rings (SSSR count). The molecule has 0 unspecified atom stereocenters. The Morgan fingerprint density at radius 3 is 2.50 bits per heavy atom. The Bertz CT molecular complexity index is 461. The van der Waals surface area contributed by atoms with E-state index in [1.54, 1.807) is 4.68 Å². The van der Waals surface area contributed by atoms with E-state index in [0.717, 1.165) is 18.8 Å². The van der Waals surface area contributed by atoms with E-state index in [1.807, 2.05) is 0 Å². The smallest absolute Gasteiger partial charge is 0.264 e. The first-order chi connectivity index (χ1) is 7.47. The fraction of sp³-hybridized carbons (Fsp3) is 0.700. The standard InChI is InChI=1S/C10H15ClN2O2S/c1-8-2-4-9(5-3-8)13-7-10(6-12-13)16(11,14)15/h6-9H,2-5H2,1H3. The van der Waals surface area contributed by atoms with Crippen molar-refractivity contribution in [2.45, 2.75) is 43.5 Å². The van der Waals surface area contributed by atoms with Crippen molar-refractivity contribution >= 4 is 19.7 Å². The largest absolute Gasteiger partial charge is 0.268 e. The summed E-state index contributed by atoms with van der Waals surface area (Å²) in [5.74, 6) is 0.767. The zero-order chi connectivity index (χ0) is 11.8. The summed E-state index contributed by atoms with van der Waals surface area (Å²) in [5.41, 5.74) is 0. The summed E-state index contributed by atoms with van der Waals surface area (Å²) in [7, 11) is 1.61. The molecule has 1 aromatic rings. The highest BCUT2D eigenvalue weighted by molar-refractivity contribution is 8.13. The summed E-state index contributed by atoms with van der Waals surface area (Å²) in [6, 6.07) is 0.323. The van der Waals surface area contributed by atoms with Crippen molar-refractivity contribution < 1.29 is 8.42 Å². The van der Waals surface area contributed by atoms with Crippen LogP contribution in [0, 0.1) is 5.92 Å². The third-order valence-electron chi connectivity index (χ3n) is 3.22. The van der Waals surface area contributed by atoms with Gasteiger partial charge >= 0.3 is 0 Å². The molecule has 90 valence electrons. The molecular formula is C10H15ClN2O2S. The van der Waals surface area contributed by atoms with Crippen LogP contribution in [-0.2, 0) is 9.05 Å². The maximum absolute atomic E-state index is 11.1. The van der Waals surface area contributed by atoms with Crippen molar-refractivity contribution in [3.05, 3.63) is 12.4 Å². The predicted molar refractivity (Wildman–Crippen MR) is 61.9 cm³/mol. The van der Waals surface area contributed by atoms with Gasteiger partial charge in [0.15, 0.2) is 0 Å². The minimum Gasteiger partial charge on any atom is -0.268 e. The Kier molecular flexibility index (Phi) is 3.26. The fourth-order valence-electron chi connectivity index (χ4n) is 2.15. The first kappa shape index (κ1) is 11.9. The number of hydrogen-bond donors (Lipinski definition) is 0. The second-order valence-corrected chi connectivity index (χ2v) is 7.07. The summed E-state index contributed by atoms with van der Waals surface area (Å²) in [6.07, 6.45) is 7.32. The van der Waals surface area contributed by atoms with Gasteiger partial charge in [0.25, 0.3) is 9.05 Å². The second-order valence-electron chi connectivity index (χ2n) is 4.51. The normalized spacial score (nSPS) is 26.9. The van der Waals surface area contributed by atoms with Crippen molar-refractivity contribution in [1.82, 2.24) is 9.78 Å². The van der Waals surface area contributed by atoms with E-state index in [1.165, 1.54) is 25.2 Å². The number of nitrogens with zero attached hydrogens (tertiary/aromatic N) is 2. The average Bonchev–Trinajstić information content (AvgIpc) is 2.67. The molecule has 16 heavy (non-hydrogen) atoms. The summed E-state index contributed by atoms with van der Waals surface area (Å²) in [4.78, 5) is 0.0905. The molecule has 0 amide bonds. The van der Waals surface area contributed by atoms with Gasteiger partial charge in [-0.15, -0.1) is 0 Å². The lowest BCUT2D eigenvalue weighted by molar-refractivity contribution is 0.273. The predicted octanol–water partition coefficient (Wildman–Crippen LogP) is 2.56. The number of aromatic nitrogens is 2. The topological polar surface area (TPSA) is 52.0 Å². The van der Waals surface area contributed by atoms with Crippen LogP contribution in [0.4, 0.5) is 0 Å². The molecule has 1 heterocycles. The van der Waals surface area contributed by atoms with Gasteiger partial charge in [-0.1, -0.05) is 6.92 Å². The van der Waals surface area contributed by atoms with Gasteiger partial charge in [0.05, 0.1) is 12.2 Å². The van der Waals surface area contributed by atoms with Gasteiger partial charge in [-0.3, -0.25) is 4.68 Å². The van der Waals surface area contributed by atoms with Crippen molar-refractivity contribution in [2.24, 2.45) is 5.92 Å². The zero-order valence-electron chi connectivity index (χ0n) is 9.13. The van der Waals surface area contributed by atoms with E-state index in [2.05, 4.69) is 12.0 Å². The first-order valence-electron chi connectivity index (χ1n) is 5.45. The number of halogens is 1. The molecule has 1 aliphatic carbocycles. The quantitative estimate of drug-likeness (QED) is 0.770. The molecule has 0 radical (unpaired) electrons. The molecule has 0 aromatic carbocycles. The van der Waals surface area contributed by atoms with Gasteiger partial charge in [0.2, 0.25) is 0 Å². The molecule has 4 nitrogen and oxygen atoms in total. The summed E-state index contributed by atoms with van der Waals surface area (Å²) < 4.78 is 23.9. The molecule has 1 saturated carbocycles. The Balaban J connectivity index is 2.14. The minimum atomic E-state index is -3.64.